The Balaban J connectivity index is 0.923. The van der Waals surface area contributed by atoms with E-state index in [9.17, 15) is 19.2 Å². The van der Waals surface area contributed by atoms with Gasteiger partial charge < -0.3 is 40.7 Å². The van der Waals surface area contributed by atoms with Crippen LogP contribution in [0.5, 0.6) is 11.5 Å². The van der Waals surface area contributed by atoms with E-state index >= 15 is 0 Å². The molecule has 0 spiro atoms. The molecule has 4 rings (SSSR count). The summed E-state index contributed by atoms with van der Waals surface area (Å²) < 4.78 is 10.5. The van der Waals surface area contributed by atoms with Crippen molar-refractivity contribution in [3.8, 4) is 11.5 Å². The van der Waals surface area contributed by atoms with Crippen molar-refractivity contribution in [2.75, 3.05) is 53.5 Å². The van der Waals surface area contributed by atoms with Crippen molar-refractivity contribution in [1.29, 1.82) is 0 Å². The molecule has 258 valence electrons. The average Bonchev–Trinajstić information content (AvgIpc) is 3.73. The number of H-pyrrole nitrogens is 2. The Kier molecular flexibility index (Phi) is 14.5. The third-order valence-corrected chi connectivity index (χ3v) is 8.27. The van der Waals surface area contributed by atoms with E-state index in [1.54, 1.807) is 50.9 Å². The summed E-state index contributed by atoms with van der Waals surface area (Å²) in [6.07, 6.45) is 11.6. The number of hydrogen-bond donors (Lipinski definition) is 6. The van der Waals surface area contributed by atoms with Gasteiger partial charge in [-0.05, 0) is 88.3 Å². The Morgan fingerprint density at radius 3 is 1.35 bits per heavy atom. The fourth-order valence-corrected chi connectivity index (χ4v) is 5.52. The summed E-state index contributed by atoms with van der Waals surface area (Å²) in [6.45, 7) is 4.31. The second-order valence-electron chi connectivity index (χ2n) is 11.7. The molecule has 12 heteroatoms. The quantitative estimate of drug-likeness (QED) is 0.0390. The zero-order valence-electron chi connectivity index (χ0n) is 28.0. The van der Waals surface area contributed by atoms with Crippen LogP contribution in [-0.4, -0.2) is 86.8 Å². The molecular formula is C36H48N6O6. The first-order chi connectivity index (χ1) is 23.4. The molecule has 4 aromatic rings. The van der Waals surface area contributed by atoms with Crippen molar-refractivity contribution in [1.82, 2.24) is 31.2 Å². The monoisotopic (exact) mass is 660 g/mol. The van der Waals surface area contributed by atoms with Crippen LogP contribution in [-0.2, 0) is 9.59 Å². The molecule has 0 aliphatic carbocycles. The lowest BCUT2D eigenvalue weighted by Gasteiger charge is -2.07. The number of Topliss-reactive ketones (excluding diaryl/α,β-unsaturated/α-hetero) is 2. The van der Waals surface area contributed by atoms with Gasteiger partial charge in [-0.25, -0.2) is 0 Å². The van der Waals surface area contributed by atoms with E-state index in [1.165, 1.54) is 25.7 Å². The smallest absolute Gasteiger partial charge is 0.292 e. The summed E-state index contributed by atoms with van der Waals surface area (Å²) in [5.74, 6) is -1.06. The summed E-state index contributed by atoms with van der Waals surface area (Å²) >= 11 is 0. The molecule has 2 amide bonds. The van der Waals surface area contributed by atoms with Crippen LogP contribution in [0.2, 0.25) is 0 Å². The maximum absolute atomic E-state index is 12.6. The Morgan fingerprint density at radius 2 is 0.938 bits per heavy atom. The van der Waals surface area contributed by atoms with Crippen molar-refractivity contribution >= 4 is 45.2 Å². The van der Waals surface area contributed by atoms with Crippen molar-refractivity contribution in [3.05, 3.63) is 59.9 Å². The van der Waals surface area contributed by atoms with Gasteiger partial charge in [0.05, 0.1) is 25.3 Å². The number of methoxy groups -OCH3 is 2. The van der Waals surface area contributed by atoms with Crippen LogP contribution in [0.15, 0.2) is 48.8 Å². The van der Waals surface area contributed by atoms with Gasteiger partial charge in [-0.3, -0.25) is 19.2 Å². The molecule has 2 aromatic heterocycles. The number of carbonyl (C=O) groups is 4. The molecule has 6 N–H and O–H groups in total. The van der Waals surface area contributed by atoms with Crippen LogP contribution in [0.4, 0.5) is 0 Å². The number of amides is 2. The van der Waals surface area contributed by atoms with Crippen LogP contribution in [0.25, 0.3) is 21.8 Å². The van der Waals surface area contributed by atoms with E-state index < -0.39 is 23.4 Å². The zero-order valence-corrected chi connectivity index (χ0v) is 28.0. The van der Waals surface area contributed by atoms with Crippen LogP contribution in [0, 0.1) is 0 Å². The lowest BCUT2D eigenvalue weighted by molar-refractivity contribution is -0.117. The van der Waals surface area contributed by atoms with E-state index in [0.29, 0.717) is 46.5 Å². The lowest BCUT2D eigenvalue weighted by Crippen LogP contribution is -2.33. The topological polar surface area (TPSA) is 166 Å². The predicted molar refractivity (Wildman–Crippen MR) is 187 cm³/mol. The number of carbonyl (C=O) groups excluding carboxylic acids is 4. The molecule has 0 unspecified atom stereocenters. The highest BCUT2D eigenvalue weighted by molar-refractivity contribution is 6.45. The van der Waals surface area contributed by atoms with Crippen molar-refractivity contribution < 1.29 is 28.7 Å². The van der Waals surface area contributed by atoms with Gasteiger partial charge in [0.15, 0.2) is 0 Å². The molecule has 0 fully saturated rings. The van der Waals surface area contributed by atoms with E-state index in [2.05, 4.69) is 31.2 Å². The molecule has 0 radical (unpaired) electrons. The maximum atomic E-state index is 12.6. The van der Waals surface area contributed by atoms with Gasteiger partial charge in [-0.2, -0.15) is 0 Å². The normalized spacial score (nSPS) is 11.1. The fourth-order valence-electron chi connectivity index (χ4n) is 5.52. The number of unbranched alkanes of at least 4 members (excludes halogenated alkanes) is 5. The van der Waals surface area contributed by atoms with E-state index in [1.807, 2.05) is 12.1 Å². The number of benzene rings is 2. The molecule has 0 saturated carbocycles. The number of ether oxygens (including phenoxy) is 2. The molecule has 0 bridgehead atoms. The van der Waals surface area contributed by atoms with E-state index in [4.69, 9.17) is 9.47 Å². The van der Waals surface area contributed by atoms with Gasteiger partial charge in [-0.1, -0.05) is 25.7 Å². The van der Waals surface area contributed by atoms with Crippen molar-refractivity contribution in [3.63, 3.8) is 0 Å². The number of rotatable bonds is 23. The summed E-state index contributed by atoms with van der Waals surface area (Å²) in [5.41, 5.74) is 2.24. The number of fused-ring (bicyclic) bond motifs is 2. The molecule has 12 nitrogen and oxygen atoms in total. The van der Waals surface area contributed by atoms with Gasteiger partial charge in [0.1, 0.15) is 11.5 Å². The number of aromatic amines is 2. The first-order valence-electron chi connectivity index (χ1n) is 16.8. The summed E-state index contributed by atoms with van der Waals surface area (Å²) in [5, 5.41) is 13.6. The third kappa shape index (κ3) is 10.4. The van der Waals surface area contributed by atoms with Crippen LogP contribution < -0.4 is 30.7 Å². The first kappa shape index (κ1) is 36.2. The molecule has 0 saturated heterocycles. The summed E-state index contributed by atoms with van der Waals surface area (Å²) in [7, 11) is 3.12. The molecule has 2 aromatic carbocycles. The number of ketones is 2. The molecule has 0 aliphatic rings. The minimum atomic E-state index is -0.601. The van der Waals surface area contributed by atoms with Gasteiger partial charge in [-0.15, -0.1) is 0 Å². The second-order valence-corrected chi connectivity index (χ2v) is 11.7. The standard InChI is InChI=1S/C36H48N6O6/c1-47-25-11-13-31-27(21-25)29(23-41-31)33(43)35(45)39-19-9-17-37-15-7-5-3-4-6-8-16-38-18-10-20-40-36(46)34(44)30-24-42-32-14-12-26(48-2)22-28(30)32/h11-14,21-24,37-38,41-42H,3-10,15-20H2,1-2H3,(H,39,45)(H,40,46). The van der Waals surface area contributed by atoms with Crippen LogP contribution in [0.1, 0.15) is 72.1 Å². The Hall–Kier alpha value is -4.68. The highest BCUT2D eigenvalue weighted by atomic mass is 16.5. The van der Waals surface area contributed by atoms with Gasteiger partial charge in [0, 0.05) is 47.3 Å². The minimum Gasteiger partial charge on any atom is -0.497 e. The number of nitrogens with one attached hydrogen (secondary N) is 6. The lowest BCUT2D eigenvalue weighted by atomic mass is 10.1. The first-order valence-corrected chi connectivity index (χ1v) is 16.8. The third-order valence-electron chi connectivity index (χ3n) is 8.27. The highest BCUT2D eigenvalue weighted by Crippen LogP contribution is 2.25. The minimum absolute atomic E-state index is 0.342. The average molecular weight is 661 g/mol. The Labute approximate surface area is 281 Å². The van der Waals surface area contributed by atoms with Gasteiger partial charge >= 0.3 is 0 Å². The molecule has 0 aliphatic heterocycles. The van der Waals surface area contributed by atoms with Crippen molar-refractivity contribution in [2.24, 2.45) is 0 Å². The van der Waals surface area contributed by atoms with E-state index in [-0.39, 0.29) is 0 Å². The molecule has 0 atom stereocenters. The zero-order chi connectivity index (χ0) is 34.1. The Morgan fingerprint density at radius 1 is 0.542 bits per heavy atom. The molecule has 48 heavy (non-hydrogen) atoms. The predicted octanol–water partition coefficient (Wildman–Crippen LogP) is 4.26. The highest BCUT2D eigenvalue weighted by Gasteiger charge is 2.21. The van der Waals surface area contributed by atoms with Gasteiger partial charge in [0.2, 0.25) is 0 Å². The molecular weight excluding hydrogens is 612 g/mol. The second kappa shape index (κ2) is 19.2. The van der Waals surface area contributed by atoms with Crippen molar-refractivity contribution in [2.45, 2.75) is 51.4 Å². The summed E-state index contributed by atoms with van der Waals surface area (Å²) in [6, 6.07) is 10.7. The fraction of sp³-hybridized carbons (Fsp3) is 0.444. The summed E-state index contributed by atoms with van der Waals surface area (Å²) in [4.78, 5) is 56.0. The SMILES string of the molecule is COc1ccc2[nH]cc(C(=O)C(=O)NCCCNCCCCCCCCNCCCNC(=O)C(=O)c3c[nH]c4ccc(OC)cc34)c2c1. The molecule has 2 heterocycles. The Bertz CT molecular complexity index is 1540. The number of hydrogen-bond acceptors (Lipinski definition) is 8. The largest absolute Gasteiger partial charge is 0.497 e. The van der Waals surface area contributed by atoms with E-state index in [0.717, 1.165) is 62.9 Å². The maximum Gasteiger partial charge on any atom is 0.292 e. The van der Waals surface area contributed by atoms with Crippen LogP contribution >= 0.6 is 0 Å². The van der Waals surface area contributed by atoms with Gasteiger partial charge in [0.25, 0.3) is 23.4 Å². The van der Waals surface area contributed by atoms with Crippen LogP contribution in [0.3, 0.4) is 0 Å². The number of aromatic nitrogens is 2.